The van der Waals surface area contributed by atoms with Crippen LogP contribution in [0.4, 0.5) is 5.69 Å². The molecule has 2 nitrogen and oxygen atoms in total. The third kappa shape index (κ3) is 4.05. The van der Waals surface area contributed by atoms with E-state index in [1.807, 2.05) is 74.5 Å². The van der Waals surface area contributed by atoms with Gasteiger partial charge in [0.15, 0.2) is 5.78 Å². The summed E-state index contributed by atoms with van der Waals surface area (Å²) in [5.74, 6) is 0.0165. The van der Waals surface area contributed by atoms with Gasteiger partial charge < -0.3 is 4.90 Å². The second-order valence-electron chi connectivity index (χ2n) is 5.17. The highest BCUT2D eigenvalue weighted by Gasteiger charge is 2.03. The van der Waals surface area contributed by atoms with Crippen LogP contribution in [0.25, 0.3) is 6.08 Å². The molecule has 0 unspecified atom stereocenters. The summed E-state index contributed by atoms with van der Waals surface area (Å²) in [6, 6.07) is 13.6. The van der Waals surface area contributed by atoms with Crippen LogP contribution >= 0.6 is 15.9 Å². The predicted octanol–water partition coefficient (Wildman–Crippen LogP) is 4.72. The van der Waals surface area contributed by atoms with Crippen LogP contribution in [0.5, 0.6) is 0 Å². The number of nitrogens with zero attached hydrogens (tertiary/aromatic N) is 1. The van der Waals surface area contributed by atoms with Gasteiger partial charge in [-0.05, 0) is 46.6 Å². The minimum absolute atomic E-state index is 0.0165. The molecule has 0 N–H and O–H groups in total. The van der Waals surface area contributed by atoms with Crippen molar-refractivity contribution in [2.75, 3.05) is 19.0 Å². The minimum atomic E-state index is 0.0165. The van der Waals surface area contributed by atoms with Gasteiger partial charge in [-0.1, -0.05) is 42.0 Å². The number of aryl methyl sites for hydroxylation is 1. The molecule has 0 amide bonds. The van der Waals surface area contributed by atoms with Crippen molar-refractivity contribution in [1.29, 1.82) is 0 Å². The van der Waals surface area contributed by atoms with E-state index in [0.717, 1.165) is 21.3 Å². The summed E-state index contributed by atoms with van der Waals surface area (Å²) in [7, 11) is 3.99. The van der Waals surface area contributed by atoms with Crippen molar-refractivity contribution in [3.8, 4) is 0 Å². The average Bonchev–Trinajstić information content (AvgIpc) is 2.45. The van der Waals surface area contributed by atoms with Crippen LogP contribution in [-0.2, 0) is 0 Å². The van der Waals surface area contributed by atoms with Crippen molar-refractivity contribution in [3.63, 3.8) is 0 Å². The number of hydrogen-bond acceptors (Lipinski definition) is 2. The molecule has 0 spiro atoms. The van der Waals surface area contributed by atoms with Crippen LogP contribution in [0, 0.1) is 6.92 Å². The second kappa shape index (κ2) is 6.72. The van der Waals surface area contributed by atoms with Gasteiger partial charge in [-0.15, -0.1) is 0 Å². The molecule has 0 aromatic heterocycles. The largest absolute Gasteiger partial charge is 0.377 e. The molecule has 0 heterocycles. The molecule has 3 heteroatoms. The van der Waals surface area contributed by atoms with Crippen molar-refractivity contribution in [1.82, 2.24) is 0 Å². The SMILES string of the molecule is Cc1ccc(C(=O)/C=C/c2ccc(N(C)C)c(Br)c2)cc1. The van der Waals surface area contributed by atoms with Crippen LogP contribution in [0.1, 0.15) is 21.5 Å². The van der Waals surface area contributed by atoms with Gasteiger partial charge in [0.25, 0.3) is 0 Å². The zero-order valence-electron chi connectivity index (χ0n) is 12.4. The Bertz CT molecular complexity index is 672. The van der Waals surface area contributed by atoms with E-state index in [2.05, 4.69) is 15.9 Å². The first-order valence-corrected chi connectivity index (χ1v) is 7.52. The predicted molar refractivity (Wildman–Crippen MR) is 93.0 cm³/mol. The molecule has 0 radical (unpaired) electrons. The zero-order valence-corrected chi connectivity index (χ0v) is 14.0. The number of rotatable bonds is 4. The highest BCUT2D eigenvalue weighted by Crippen LogP contribution is 2.26. The average molecular weight is 344 g/mol. The molecule has 0 aliphatic heterocycles. The van der Waals surface area contributed by atoms with E-state index in [1.165, 1.54) is 0 Å². The highest BCUT2D eigenvalue weighted by molar-refractivity contribution is 9.10. The van der Waals surface area contributed by atoms with Gasteiger partial charge in [-0.25, -0.2) is 0 Å². The molecule has 108 valence electrons. The number of halogens is 1. The molecule has 21 heavy (non-hydrogen) atoms. The lowest BCUT2D eigenvalue weighted by atomic mass is 10.1. The number of hydrogen-bond donors (Lipinski definition) is 0. The molecule has 0 saturated heterocycles. The summed E-state index contributed by atoms with van der Waals surface area (Å²) >= 11 is 3.55. The number of anilines is 1. The third-order valence-corrected chi connectivity index (χ3v) is 3.85. The lowest BCUT2D eigenvalue weighted by molar-refractivity contribution is 0.104. The number of ketones is 1. The first kappa shape index (κ1) is 15.5. The van der Waals surface area contributed by atoms with Crippen LogP contribution < -0.4 is 4.90 Å². The zero-order chi connectivity index (χ0) is 15.4. The van der Waals surface area contributed by atoms with Crippen molar-refractivity contribution in [2.45, 2.75) is 6.92 Å². The monoisotopic (exact) mass is 343 g/mol. The molecule has 2 aromatic rings. The van der Waals surface area contributed by atoms with Gasteiger partial charge in [-0.2, -0.15) is 0 Å². The standard InChI is InChI=1S/C18H18BrNO/c1-13-4-8-15(9-5-13)18(21)11-7-14-6-10-17(20(2)3)16(19)12-14/h4-12H,1-3H3/b11-7+. The van der Waals surface area contributed by atoms with Crippen LogP contribution in [0.15, 0.2) is 53.0 Å². The van der Waals surface area contributed by atoms with Gasteiger partial charge in [0.1, 0.15) is 0 Å². The van der Waals surface area contributed by atoms with Crippen LogP contribution in [0.3, 0.4) is 0 Å². The molecule has 0 saturated carbocycles. The normalized spacial score (nSPS) is 10.9. The summed E-state index contributed by atoms with van der Waals surface area (Å²) in [6.45, 7) is 2.01. The Hall–Kier alpha value is -1.87. The molecule has 2 rings (SSSR count). The maximum Gasteiger partial charge on any atom is 0.185 e. The Balaban J connectivity index is 2.15. The lowest BCUT2D eigenvalue weighted by Gasteiger charge is -2.14. The lowest BCUT2D eigenvalue weighted by Crippen LogP contribution is -2.09. The van der Waals surface area contributed by atoms with Gasteiger partial charge in [0.05, 0.1) is 5.69 Å². The summed E-state index contributed by atoms with van der Waals surface area (Å²) in [4.78, 5) is 14.1. The van der Waals surface area contributed by atoms with E-state index < -0.39 is 0 Å². The van der Waals surface area contributed by atoms with E-state index in [9.17, 15) is 4.79 Å². The second-order valence-corrected chi connectivity index (χ2v) is 6.02. The van der Waals surface area contributed by atoms with Crippen molar-refractivity contribution in [2.24, 2.45) is 0 Å². The molecule has 0 fully saturated rings. The van der Waals surface area contributed by atoms with Crippen LogP contribution in [-0.4, -0.2) is 19.9 Å². The third-order valence-electron chi connectivity index (χ3n) is 3.22. The maximum atomic E-state index is 12.1. The molecule has 0 bridgehead atoms. The van der Waals surface area contributed by atoms with E-state index in [4.69, 9.17) is 0 Å². The number of benzene rings is 2. The van der Waals surface area contributed by atoms with Gasteiger partial charge in [0, 0.05) is 24.1 Å². The van der Waals surface area contributed by atoms with Gasteiger partial charge in [0.2, 0.25) is 0 Å². The Kier molecular flexibility index (Phi) is 4.97. The molecule has 0 aliphatic carbocycles. The first-order valence-electron chi connectivity index (χ1n) is 6.73. The van der Waals surface area contributed by atoms with Gasteiger partial charge in [-0.3, -0.25) is 4.79 Å². The highest BCUT2D eigenvalue weighted by atomic mass is 79.9. The van der Waals surface area contributed by atoms with Crippen molar-refractivity contribution < 1.29 is 4.79 Å². The number of carbonyl (C=O) groups is 1. The fourth-order valence-corrected chi connectivity index (χ4v) is 2.73. The number of carbonyl (C=O) groups excluding carboxylic acids is 1. The van der Waals surface area contributed by atoms with Crippen molar-refractivity contribution in [3.05, 3.63) is 69.7 Å². The Morgan fingerprint density at radius 1 is 1.10 bits per heavy atom. The maximum absolute atomic E-state index is 12.1. The fraction of sp³-hybridized carbons (Fsp3) is 0.167. The quantitative estimate of drug-likeness (QED) is 0.591. The van der Waals surface area contributed by atoms with E-state index in [-0.39, 0.29) is 5.78 Å². The number of allylic oxidation sites excluding steroid dienone is 1. The van der Waals surface area contributed by atoms with E-state index >= 15 is 0 Å². The summed E-state index contributed by atoms with van der Waals surface area (Å²) < 4.78 is 1.01. The van der Waals surface area contributed by atoms with Gasteiger partial charge >= 0.3 is 0 Å². The van der Waals surface area contributed by atoms with E-state index in [0.29, 0.717) is 5.56 Å². The summed E-state index contributed by atoms with van der Waals surface area (Å²) in [5, 5.41) is 0. The fourth-order valence-electron chi connectivity index (χ4n) is 1.98. The van der Waals surface area contributed by atoms with E-state index in [1.54, 1.807) is 6.08 Å². The summed E-state index contributed by atoms with van der Waals surface area (Å²) in [5.41, 5.74) is 3.96. The molecule has 0 aliphatic rings. The van der Waals surface area contributed by atoms with Crippen molar-refractivity contribution >= 4 is 33.5 Å². The van der Waals surface area contributed by atoms with Crippen LogP contribution in [0.2, 0.25) is 0 Å². The Morgan fingerprint density at radius 2 is 1.76 bits per heavy atom. The Labute approximate surface area is 134 Å². The Morgan fingerprint density at radius 3 is 2.33 bits per heavy atom. The molecule has 2 aromatic carbocycles. The summed E-state index contributed by atoms with van der Waals surface area (Å²) in [6.07, 6.45) is 3.45. The topological polar surface area (TPSA) is 20.3 Å². The molecular formula is C18H18BrNO. The first-order chi connectivity index (χ1) is 9.97. The molecular weight excluding hydrogens is 326 g/mol. The molecule has 0 atom stereocenters. The smallest absolute Gasteiger partial charge is 0.185 e. The minimum Gasteiger partial charge on any atom is -0.377 e.